The molecule has 28 heavy (non-hydrogen) atoms. The van der Waals surface area contributed by atoms with E-state index in [0.717, 1.165) is 41.0 Å². The summed E-state index contributed by atoms with van der Waals surface area (Å²) in [5.41, 5.74) is 3.63. The molecule has 1 N–H and O–H groups in total. The van der Waals surface area contributed by atoms with Gasteiger partial charge in [0.25, 0.3) is 0 Å². The van der Waals surface area contributed by atoms with Gasteiger partial charge in [0.15, 0.2) is 11.6 Å². The minimum absolute atomic E-state index is 0.183. The van der Waals surface area contributed by atoms with E-state index in [9.17, 15) is 4.79 Å². The molecule has 0 bridgehead atoms. The number of carbonyl (C=O) groups excluding carboxylic acids is 1. The number of allylic oxidation sites excluding steroid dienone is 2. The highest BCUT2D eigenvalue weighted by atomic mass is 16.5. The van der Waals surface area contributed by atoms with Gasteiger partial charge in [-0.2, -0.15) is 4.98 Å². The number of hydrogen-bond acceptors (Lipinski definition) is 5. The van der Waals surface area contributed by atoms with Gasteiger partial charge >= 0.3 is 0 Å². The third kappa shape index (κ3) is 2.60. The number of Topliss-reactive ketones (excluding diaryl/α,β-unsaturated/α-hetero) is 1. The number of ether oxygens (including phenoxy) is 1. The highest BCUT2D eigenvalue weighted by Gasteiger charge is 2.36. The number of carbonyl (C=O) groups is 1. The summed E-state index contributed by atoms with van der Waals surface area (Å²) in [6.45, 7) is 0. The van der Waals surface area contributed by atoms with E-state index in [4.69, 9.17) is 14.8 Å². The van der Waals surface area contributed by atoms with Crippen LogP contribution in [0.1, 0.15) is 30.9 Å². The van der Waals surface area contributed by atoms with E-state index < -0.39 is 0 Å². The molecule has 1 aliphatic carbocycles. The Hall–Kier alpha value is -3.41. The zero-order chi connectivity index (χ0) is 19.1. The van der Waals surface area contributed by atoms with E-state index in [1.54, 1.807) is 7.11 Å². The van der Waals surface area contributed by atoms with Crippen molar-refractivity contribution in [1.82, 2.24) is 14.8 Å². The van der Waals surface area contributed by atoms with Gasteiger partial charge in [0.1, 0.15) is 11.8 Å². The van der Waals surface area contributed by atoms with Gasteiger partial charge in [0.2, 0.25) is 5.95 Å². The van der Waals surface area contributed by atoms with Crippen molar-refractivity contribution in [2.75, 3.05) is 12.4 Å². The lowest BCUT2D eigenvalue weighted by Gasteiger charge is -2.32. The number of rotatable bonds is 3. The number of methoxy groups -OCH3 is 1. The van der Waals surface area contributed by atoms with Crippen LogP contribution < -0.4 is 10.1 Å². The molecular weight excluding hydrogens is 352 g/mol. The SMILES string of the molecule is COc1ccccc1-c1nc2n(n1)C(c1ccccc1)C1=C(CCCC1=O)N2. The molecule has 2 aliphatic rings. The van der Waals surface area contributed by atoms with Crippen molar-refractivity contribution in [3.63, 3.8) is 0 Å². The molecule has 140 valence electrons. The minimum Gasteiger partial charge on any atom is -0.496 e. The van der Waals surface area contributed by atoms with Crippen LogP contribution in [0.25, 0.3) is 11.4 Å². The predicted octanol–water partition coefficient (Wildman–Crippen LogP) is 3.98. The highest BCUT2D eigenvalue weighted by molar-refractivity contribution is 5.99. The Labute approximate surface area is 162 Å². The van der Waals surface area contributed by atoms with E-state index in [1.807, 2.05) is 59.3 Å². The molecule has 0 amide bonds. The second-order valence-corrected chi connectivity index (χ2v) is 7.01. The molecule has 3 aromatic rings. The lowest BCUT2D eigenvalue weighted by Crippen LogP contribution is -2.31. The van der Waals surface area contributed by atoms with Gasteiger partial charge in [-0.1, -0.05) is 42.5 Å². The van der Waals surface area contributed by atoms with Gasteiger partial charge in [0.05, 0.1) is 12.7 Å². The Morgan fingerprint density at radius 2 is 1.86 bits per heavy atom. The van der Waals surface area contributed by atoms with Gasteiger partial charge in [-0.05, 0) is 30.5 Å². The number of hydrogen-bond donors (Lipinski definition) is 1. The molecule has 2 aromatic carbocycles. The Balaban J connectivity index is 1.69. The van der Waals surface area contributed by atoms with Gasteiger partial charge < -0.3 is 10.1 Å². The maximum Gasteiger partial charge on any atom is 0.226 e. The molecule has 1 unspecified atom stereocenters. The first kappa shape index (κ1) is 16.7. The van der Waals surface area contributed by atoms with Gasteiger partial charge in [-0.3, -0.25) is 4.79 Å². The fourth-order valence-corrected chi connectivity index (χ4v) is 4.04. The summed E-state index contributed by atoms with van der Waals surface area (Å²) in [5.74, 6) is 2.13. The lowest BCUT2D eigenvalue weighted by atomic mass is 9.85. The first-order valence-electron chi connectivity index (χ1n) is 9.44. The number of nitrogens with zero attached hydrogens (tertiary/aromatic N) is 3. The number of para-hydroxylation sites is 1. The molecule has 6 nitrogen and oxygen atoms in total. The van der Waals surface area contributed by atoms with E-state index in [2.05, 4.69) is 5.32 Å². The van der Waals surface area contributed by atoms with Crippen molar-refractivity contribution in [1.29, 1.82) is 0 Å². The molecule has 0 saturated carbocycles. The highest BCUT2D eigenvalue weighted by Crippen LogP contribution is 2.41. The van der Waals surface area contributed by atoms with Crippen molar-refractivity contribution < 1.29 is 9.53 Å². The summed E-state index contributed by atoms with van der Waals surface area (Å²) in [5, 5.41) is 8.15. The largest absolute Gasteiger partial charge is 0.496 e. The Morgan fingerprint density at radius 1 is 1.07 bits per heavy atom. The molecule has 1 aliphatic heterocycles. The van der Waals surface area contributed by atoms with Gasteiger partial charge in [-0.15, -0.1) is 5.10 Å². The Morgan fingerprint density at radius 3 is 2.68 bits per heavy atom. The molecule has 0 spiro atoms. The molecule has 2 heterocycles. The van der Waals surface area contributed by atoms with Crippen LogP contribution >= 0.6 is 0 Å². The van der Waals surface area contributed by atoms with Crippen molar-refractivity contribution in [3.05, 3.63) is 71.4 Å². The molecule has 6 heteroatoms. The maximum atomic E-state index is 12.8. The molecule has 1 aromatic heterocycles. The molecule has 5 rings (SSSR count). The van der Waals surface area contributed by atoms with Crippen LogP contribution in [0.3, 0.4) is 0 Å². The Bertz CT molecular complexity index is 1080. The number of fused-ring (bicyclic) bond motifs is 1. The third-order valence-electron chi connectivity index (χ3n) is 5.33. The topological polar surface area (TPSA) is 69.0 Å². The average molecular weight is 372 g/mol. The summed E-state index contributed by atoms with van der Waals surface area (Å²) >= 11 is 0. The van der Waals surface area contributed by atoms with Crippen LogP contribution in [0.5, 0.6) is 5.75 Å². The van der Waals surface area contributed by atoms with Crippen LogP contribution in [-0.2, 0) is 4.79 Å². The number of ketones is 1. The van der Waals surface area contributed by atoms with E-state index in [-0.39, 0.29) is 11.8 Å². The van der Waals surface area contributed by atoms with Crippen molar-refractivity contribution in [3.8, 4) is 17.1 Å². The van der Waals surface area contributed by atoms with Crippen LogP contribution in [-0.4, -0.2) is 27.7 Å². The predicted molar refractivity (Wildman–Crippen MR) is 106 cm³/mol. The molecular formula is C22H20N4O2. The van der Waals surface area contributed by atoms with Crippen LogP contribution in [0.4, 0.5) is 5.95 Å². The standard InChI is InChI=1S/C22H20N4O2/c1-28-18-13-6-5-10-15(18)21-24-22-23-16-11-7-12-17(27)19(16)20(26(22)25-21)14-8-3-2-4-9-14/h2-6,8-10,13,20H,7,11-12H2,1H3,(H,23,24,25). The minimum atomic E-state index is -0.267. The van der Waals surface area contributed by atoms with Crippen molar-refractivity contribution in [2.45, 2.75) is 25.3 Å². The van der Waals surface area contributed by atoms with Crippen LogP contribution in [0.2, 0.25) is 0 Å². The number of aromatic nitrogens is 3. The summed E-state index contributed by atoms with van der Waals surface area (Å²) in [6, 6.07) is 17.5. The number of benzene rings is 2. The van der Waals surface area contributed by atoms with Crippen molar-refractivity contribution >= 4 is 11.7 Å². The summed E-state index contributed by atoms with van der Waals surface area (Å²) in [7, 11) is 1.64. The van der Waals surface area contributed by atoms with E-state index >= 15 is 0 Å². The number of nitrogens with one attached hydrogen (secondary N) is 1. The normalized spacial score (nSPS) is 18.3. The monoisotopic (exact) mass is 372 g/mol. The molecule has 1 atom stereocenters. The van der Waals surface area contributed by atoms with E-state index in [0.29, 0.717) is 18.2 Å². The third-order valence-corrected chi connectivity index (χ3v) is 5.33. The summed E-state index contributed by atoms with van der Waals surface area (Å²) < 4.78 is 7.31. The first-order valence-corrected chi connectivity index (χ1v) is 9.44. The van der Waals surface area contributed by atoms with E-state index in [1.165, 1.54) is 0 Å². The quantitative estimate of drug-likeness (QED) is 0.753. The lowest BCUT2D eigenvalue weighted by molar-refractivity contribution is -0.116. The zero-order valence-electron chi connectivity index (χ0n) is 15.6. The Kier molecular flexibility index (Phi) is 3.97. The molecule has 0 saturated heterocycles. The smallest absolute Gasteiger partial charge is 0.226 e. The van der Waals surface area contributed by atoms with Crippen molar-refractivity contribution in [2.24, 2.45) is 0 Å². The summed E-state index contributed by atoms with van der Waals surface area (Å²) in [4.78, 5) is 17.6. The van der Waals surface area contributed by atoms with Crippen LogP contribution in [0.15, 0.2) is 65.9 Å². The van der Waals surface area contributed by atoms with Gasteiger partial charge in [0, 0.05) is 17.7 Å². The molecule has 0 fully saturated rings. The first-order chi connectivity index (χ1) is 13.8. The summed E-state index contributed by atoms with van der Waals surface area (Å²) in [6.07, 6.45) is 2.29. The maximum absolute atomic E-state index is 12.8. The molecule has 0 radical (unpaired) electrons. The zero-order valence-corrected chi connectivity index (χ0v) is 15.6. The van der Waals surface area contributed by atoms with Crippen LogP contribution in [0, 0.1) is 0 Å². The average Bonchev–Trinajstić information content (AvgIpc) is 3.16. The second kappa shape index (κ2) is 6.64. The van der Waals surface area contributed by atoms with Gasteiger partial charge in [-0.25, -0.2) is 4.68 Å². The second-order valence-electron chi connectivity index (χ2n) is 7.01. The fourth-order valence-electron chi connectivity index (χ4n) is 4.04. The number of anilines is 1. The fraction of sp³-hybridized carbons (Fsp3) is 0.227.